The van der Waals surface area contributed by atoms with Crippen molar-refractivity contribution in [2.45, 2.75) is 63.4 Å². The van der Waals surface area contributed by atoms with Gasteiger partial charge in [-0.25, -0.2) is 18.1 Å². The number of nitro benzene ring substituents is 1. The van der Waals surface area contributed by atoms with Crippen LogP contribution in [-0.4, -0.2) is 109 Å². The van der Waals surface area contributed by atoms with Crippen LogP contribution in [0.2, 0.25) is 5.02 Å². The summed E-state index contributed by atoms with van der Waals surface area (Å²) < 4.78 is 42.3. The van der Waals surface area contributed by atoms with Crippen LogP contribution in [0, 0.1) is 21.4 Å². The Bertz CT molecular complexity index is 2780. The highest BCUT2D eigenvalue weighted by Crippen LogP contribution is 2.44. The molecule has 15 nitrogen and oxygen atoms in total. The molecule has 342 valence electrons. The second-order valence-electron chi connectivity index (χ2n) is 19.1. The van der Waals surface area contributed by atoms with Crippen LogP contribution in [0.15, 0.2) is 89.6 Å². The molecule has 0 radical (unpaired) electrons. The molecule has 3 aromatic carbocycles. The topological polar surface area (TPSA) is 183 Å². The van der Waals surface area contributed by atoms with Crippen molar-refractivity contribution in [1.82, 2.24) is 24.5 Å². The Hall–Kier alpha value is -5.52. The summed E-state index contributed by atoms with van der Waals surface area (Å²) in [4.78, 5) is 39.6. The van der Waals surface area contributed by atoms with Gasteiger partial charge in [0.25, 0.3) is 21.6 Å². The monoisotopic (exact) mass is 923 g/mol. The van der Waals surface area contributed by atoms with Gasteiger partial charge in [0.2, 0.25) is 0 Å². The lowest BCUT2D eigenvalue weighted by molar-refractivity contribution is -0.386. The van der Waals surface area contributed by atoms with E-state index in [1.807, 2.05) is 18.2 Å². The molecule has 17 heteroatoms. The number of piperazine rings is 1. The zero-order valence-corrected chi connectivity index (χ0v) is 38.4. The third-order valence-electron chi connectivity index (χ3n) is 13.2. The van der Waals surface area contributed by atoms with E-state index in [9.17, 15) is 28.4 Å². The maximum Gasteiger partial charge on any atom is 0.277 e. The van der Waals surface area contributed by atoms with E-state index in [-0.39, 0.29) is 35.0 Å². The number of amides is 1. The third-order valence-corrected chi connectivity index (χ3v) is 14.7. The minimum absolute atomic E-state index is 0.0340. The highest BCUT2D eigenvalue weighted by Gasteiger charge is 2.38. The van der Waals surface area contributed by atoms with Crippen molar-refractivity contribution >= 4 is 55.5 Å². The number of likely N-dealkylation sites (tertiary alicyclic amines) is 1. The summed E-state index contributed by atoms with van der Waals surface area (Å²) in [5.74, 6) is -0.455. The van der Waals surface area contributed by atoms with E-state index in [1.54, 1.807) is 31.3 Å². The molecule has 5 aromatic rings. The first kappa shape index (κ1) is 44.7. The first-order valence-corrected chi connectivity index (χ1v) is 24.0. The van der Waals surface area contributed by atoms with Gasteiger partial charge in [-0.3, -0.25) is 24.7 Å². The molecule has 3 aliphatic heterocycles. The number of carbonyl (C=O) groups excluding carboxylic acids is 1. The normalized spacial score (nSPS) is 19.9. The summed E-state index contributed by atoms with van der Waals surface area (Å²) in [6, 6.07) is 19.1. The fourth-order valence-electron chi connectivity index (χ4n) is 9.66. The number of nitrogens with one attached hydrogen (secondary N) is 2. The Morgan fingerprint density at radius 2 is 1.82 bits per heavy atom. The minimum atomic E-state index is -4.64. The maximum atomic E-state index is 14.1. The fraction of sp³-hybridized carbons (Fsp3) is 0.417. The van der Waals surface area contributed by atoms with Crippen molar-refractivity contribution < 1.29 is 32.7 Å². The van der Waals surface area contributed by atoms with Gasteiger partial charge in [-0.05, 0) is 104 Å². The number of pyridine rings is 1. The number of benzene rings is 3. The van der Waals surface area contributed by atoms with E-state index in [1.165, 1.54) is 35.0 Å². The van der Waals surface area contributed by atoms with Gasteiger partial charge >= 0.3 is 0 Å². The molecular weight excluding hydrogens is 870 g/mol. The predicted molar refractivity (Wildman–Crippen MR) is 249 cm³/mol. The number of anilines is 1. The number of aromatic nitrogens is 2. The Morgan fingerprint density at radius 1 is 1.05 bits per heavy atom. The van der Waals surface area contributed by atoms with Crippen molar-refractivity contribution in [2.24, 2.45) is 11.3 Å². The Kier molecular flexibility index (Phi) is 12.2. The van der Waals surface area contributed by atoms with E-state index in [4.69, 9.17) is 21.1 Å². The van der Waals surface area contributed by atoms with Gasteiger partial charge in [-0.15, -0.1) is 0 Å². The van der Waals surface area contributed by atoms with Crippen LogP contribution in [-0.2, 0) is 16.4 Å². The summed E-state index contributed by atoms with van der Waals surface area (Å²) in [5, 5.41) is 23.9. The number of carbonyl (C=O) groups is 1. The zero-order chi connectivity index (χ0) is 45.7. The molecule has 1 amide bonds. The Morgan fingerprint density at radius 3 is 2.55 bits per heavy atom. The van der Waals surface area contributed by atoms with Gasteiger partial charge in [0.15, 0.2) is 0 Å². The Labute approximate surface area is 383 Å². The highest BCUT2D eigenvalue weighted by atomic mass is 35.5. The molecule has 2 fully saturated rings. The zero-order valence-electron chi connectivity index (χ0n) is 36.8. The van der Waals surface area contributed by atoms with E-state index in [0.29, 0.717) is 62.5 Å². The fourth-order valence-corrected chi connectivity index (χ4v) is 10.8. The van der Waals surface area contributed by atoms with E-state index in [0.717, 1.165) is 61.1 Å². The van der Waals surface area contributed by atoms with Gasteiger partial charge in [0.1, 0.15) is 22.9 Å². The molecule has 2 saturated heterocycles. The summed E-state index contributed by atoms with van der Waals surface area (Å²) in [6.45, 7) is 12.5. The maximum absolute atomic E-state index is 14.1. The number of nitrogens with zero attached hydrogens (tertiary/aromatic N) is 5. The molecule has 5 heterocycles. The summed E-state index contributed by atoms with van der Waals surface area (Å²) in [7, 11) is -4.64. The van der Waals surface area contributed by atoms with Crippen molar-refractivity contribution in [3.05, 3.63) is 117 Å². The lowest BCUT2D eigenvalue weighted by Gasteiger charge is -2.44. The largest absolute Gasteiger partial charge is 0.493 e. The average Bonchev–Trinajstić information content (AvgIpc) is 3.73. The number of nitro groups is 1. The SMILES string of the molecule is CC1(C)CCC(CN2CCN(c3ccc(C(=O)NS(=O)(=O)c4cc5c(c([N+](=O)[O-])c4)C[C@@H](CCN4CC(C)(O)C4)CO5)c(Oc4cnc5[nH]ccc5c4)c3)CC2)=C(c2ccc(Cl)cc2)C1. The first-order chi connectivity index (χ1) is 31.0. The number of hydrogen-bond donors (Lipinski definition) is 3. The van der Waals surface area contributed by atoms with Crippen molar-refractivity contribution in [3.63, 3.8) is 0 Å². The standard InChI is InChI=1S/C48H54ClN7O8S/c1-47(2)13-10-34(41(25-47)32-4-6-35(49)7-5-32)27-53-16-18-55(19-17-53)36-8-9-39(44(22-36)64-37-21-33-11-14-50-45(33)51-26-37)46(57)52-65(61,62)38-23-42(56(59)60)40-20-31(28-63-43(40)24-38)12-15-54-29-48(3,58)30-54/h4-9,11,14,21-24,26,31,58H,10,12-13,15-20,25,27-30H2,1-3H3,(H,50,51)(H,52,57)/t31-/m1/s1. The van der Waals surface area contributed by atoms with Crippen molar-refractivity contribution in [1.29, 1.82) is 0 Å². The number of allylic oxidation sites excluding steroid dienone is 1. The number of hydrogen-bond acceptors (Lipinski definition) is 12. The van der Waals surface area contributed by atoms with E-state index in [2.05, 4.69) is 55.4 Å². The lowest BCUT2D eigenvalue weighted by Crippen LogP contribution is -2.60. The van der Waals surface area contributed by atoms with Gasteiger partial charge in [-0.1, -0.05) is 43.2 Å². The quantitative estimate of drug-likeness (QED) is 0.0770. The predicted octanol–water partition coefficient (Wildman–Crippen LogP) is 7.83. The van der Waals surface area contributed by atoms with E-state index < -0.39 is 37.0 Å². The van der Waals surface area contributed by atoms with Gasteiger partial charge in [-0.2, -0.15) is 0 Å². The van der Waals surface area contributed by atoms with Crippen LogP contribution >= 0.6 is 11.6 Å². The van der Waals surface area contributed by atoms with Crippen LogP contribution in [0.1, 0.15) is 67.9 Å². The number of aromatic amines is 1. The molecule has 1 aliphatic carbocycles. The molecule has 0 unspecified atom stereocenters. The second kappa shape index (κ2) is 17.7. The minimum Gasteiger partial charge on any atom is -0.493 e. The summed E-state index contributed by atoms with van der Waals surface area (Å²) in [5.41, 5.74) is 4.93. The van der Waals surface area contributed by atoms with Crippen LogP contribution in [0.3, 0.4) is 0 Å². The van der Waals surface area contributed by atoms with Crippen LogP contribution in [0.5, 0.6) is 17.2 Å². The number of fused-ring (bicyclic) bond motifs is 2. The first-order valence-electron chi connectivity index (χ1n) is 22.1. The number of ether oxygens (including phenoxy) is 2. The molecule has 9 rings (SSSR count). The smallest absolute Gasteiger partial charge is 0.277 e. The number of β-amino-alcohol motifs (C(OH)–C–C–N with tert-alkyl or cyclic N) is 1. The summed E-state index contributed by atoms with van der Waals surface area (Å²) >= 11 is 6.25. The number of aliphatic hydroxyl groups is 1. The highest BCUT2D eigenvalue weighted by molar-refractivity contribution is 7.90. The average molecular weight is 925 g/mol. The molecule has 2 aromatic heterocycles. The van der Waals surface area contributed by atoms with E-state index >= 15 is 0 Å². The molecular formula is C48H54ClN7O8S. The van der Waals surface area contributed by atoms with Gasteiger partial charge < -0.3 is 24.5 Å². The molecule has 3 N–H and O–H groups in total. The second-order valence-corrected chi connectivity index (χ2v) is 21.2. The number of H-pyrrole nitrogens is 1. The third kappa shape index (κ3) is 10.0. The van der Waals surface area contributed by atoms with Gasteiger partial charge in [0.05, 0.1) is 39.4 Å². The lowest BCUT2D eigenvalue weighted by atomic mass is 9.72. The molecule has 0 saturated carbocycles. The molecule has 1 atom stereocenters. The number of rotatable bonds is 13. The Balaban J connectivity index is 0.926. The molecule has 0 spiro atoms. The molecule has 65 heavy (non-hydrogen) atoms. The van der Waals surface area contributed by atoms with Crippen molar-refractivity contribution in [3.8, 4) is 17.2 Å². The van der Waals surface area contributed by atoms with Crippen LogP contribution in [0.25, 0.3) is 16.6 Å². The van der Waals surface area contributed by atoms with Crippen LogP contribution < -0.4 is 19.1 Å². The number of halogens is 1. The molecule has 4 aliphatic rings. The summed E-state index contributed by atoms with van der Waals surface area (Å²) in [6.07, 6.45) is 7.48. The van der Waals surface area contributed by atoms with Crippen LogP contribution in [0.4, 0.5) is 11.4 Å². The number of sulfonamides is 1. The van der Waals surface area contributed by atoms with Gasteiger partial charge in [0, 0.05) is 86.3 Å². The molecule has 0 bridgehead atoms. The van der Waals surface area contributed by atoms with Crippen molar-refractivity contribution in [2.75, 3.05) is 63.9 Å².